The second kappa shape index (κ2) is 8.63. The minimum atomic E-state index is -0.422. The van der Waals surface area contributed by atoms with Crippen LogP contribution in [-0.2, 0) is 4.79 Å². The van der Waals surface area contributed by atoms with Gasteiger partial charge in [-0.1, -0.05) is 41.6 Å². The molecule has 1 heterocycles. The average molecular weight is 414 g/mol. The number of amides is 1. The summed E-state index contributed by atoms with van der Waals surface area (Å²) in [4.78, 5) is 24.7. The Kier molecular flexibility index (Phi) is 6.21. The summed E-state index contributed by atoms with van der Waals surface area (Å²) >= 11 is 7.37. The van der Waals surface area contributed by atoms with E-state index in [2.05, 4.69) is 10.4 Å². The summed E-state index contributed by atoms with van der Waals surface area (Å²) in [6.45, 7) is 5.79. The molecule has 0 fully saturated rings. The molecule has 5 nitrogen and oxygen atoms in total. The fourth-order valence-corrected chi connectivity index (χ4v) is 3.52. The van der Waals surface area contributed by atoms with E-state index in [1.807, 2.05) is 32.0 Å². The van der Waals surface area contributed by atoms with E-state index in [0.717, 1.165) is 11.1 Å². The molecule has 0 aliphatic carbocycles. The Balaban J connectivity index is 1.79. The van der Waals surface area contributed by atoms with Crippen molar-refractivity contribution in [3.63, 3.8) is 0 Å². The maximum absolute atomic E-state index is 12.5. The molecular weight excluding hydrogens is 394 g/mol. The van der Waals surface area contributed by atoms with E-state index in [-0.39, 0.29) is 11.5 Å². The zero-order chi connectivity index (χ0) is 20.3. The second-order valence-electron chi connectivity index (χ2n) is 6.42. The lowest BCUT2D eigenvalue weighted by atomic mass is 10.1. The number of para-hydroxylation sites is 1. The Labute approximate surface area is 172 Å². The number of nitrogens with one attached hydrogen (secondary N) is 1. The Bertz CT molecular complexity index is 1080. The lowest BCUT2D eigenvalue weighted by Crippen LogP contribution is -2.24. The largest absolute Gasteiger partial charge is 0.324 e. The van der Waals surface area contributed by atoms with Crippen LogP contribution in [0.2, 0.25) is 5.02 Å². The summed E-state index contributed by atoms with van der Waals surface area (Å²) in [5.74, 6) is -0.191. The van der Waals surface area contributed by atoms with Crippen molar-refractivity contribution in [2.24, 2.45) is 0 Å². The van der Waals surface area contributed by atoms with Gasteiger partial charge in [-0.05, 0) is 62.2 Å². The van der Waals surface area contributed by atoms with Crippen molar-refractivity contribution in [3.05, 3.63) is 81.1 Å². The molecule has 0 radical (unpaired) electrons. The van der Waals surface area contributed by atoms with Crippen LogP contribution in [0.15, 0.2) is 64.4 Å². The summed E-state index contributed by atoms with van der Waals surface area (Å²) in [5, 5.41) is 7.88. The van der Waals surface area contributed by atoms with Gasteiger partial charge in [-0.25, -0.2) is 0 Å². The molecule has 1 N–H and O–H groups in total. The molecule has 1 amide bonds. The normalized spacial score (nSPS) is 11.9. The fourth-order valence-electron chi connectivity index (χ4n) is 2.53. The molecule has 0 bridgehead atoms. The van der Waals surface area contributed by atoms with E-state index >= 15 is 0 Å². The highest BCUT2D eigenvalue weighted by Gasteiger charge is 2.17. The Hall–Kier alpha value is -2.57. The fraction of sp³-hybridized carbons (Fsp3) is 0.190. The molecule has 0 spiro atoms. The minimum absolute atomic E-state index is 0.191. The molecule has 0 unspecified atom stereocenters. The molecular formula is C21H20ClN3O2S. The molecule has 144 valence electrons. The quantitative estimate of drug-likeness (QED) is 0.620. The number of carbonyl (C=O) groups excluding carboxylic acids is 1. The molecule has 2 aromatic carbocycles. The van der Waals surface area contributed by atoms with Crippen LogP contribution < -0.4 is 10.9 Å². The number of benzene rings is 2. The van der Waals surface area contributed by atoms with E-state index in [4.69, 9.17) is 11.6 Å². The van der Waals surface area contributed by atoms with Gasteiger partial charge >= 0.3 is 0 Å². The van der Waals surface area contributed by atoms with Crippen LogP contribution in [0, 0.1) is 13.8 Å². The first-order chi connectivity index (χ1) is 13.3. The number of hydrogen-bond donors (Lipinski definition) is 1. The van der Waals surface area contributed by atoms with Crippen molar-refractivity contribution >= 4 is 35.0 Å². The number of halogens is 1. The first-order valence-corrected chi connectivity index (χ1v) is 10.0. The lowest BCUT2D eigenvalue weighted by molar-refractivity contribution is -0.115. The molecule has 3 aromatic rings. The van der Waals surface area contributed by atoms with Crippen LogP contribution in [0.5, 0.6) is 0 Å². The van der Waals surface area contributed by atoms with Gasteiger partial charge in [0.05, 0.1) is 21.6 Å². The number of carbonyl (C=O) groups is 1. The molecule has 0 aliphatic rings. The number of nitrogens with zero attached hydrogens (tertiary/aromatic N) is 2. The third-order valence-electron chi connectivity index (χ3n) is 4.31. The molecule has 0 aliphatic heterocycles. The van der Waals surface area contributed by atoms with Crippen LogP contribution in [0.1, 0.15) is 18.1 Å². The minimum Gasteiger partial charge on any atom is -0.324 e. The maximum Gasteiger partial charge on any atom is 0.271 e. The van der Waals surface area contributed by atoms with E-state index < -0.39 is 5.25 Å². The summed E-state index contributed by atoms with van der Waals surface area (Å²) in [7, 11) is 0. The average Bonchev–Trinajstić information content (AvgIpc) is 2.67. The van der Waals surface area contributed by atoms with Gasteiger partial charge in [0.2, 0.25) is 5.91 Å². The third-order valence-corrected chi connectivity index (χ3v) is 5.67. The predicted octanol–water partition coefficient (Wildman–Crippen LogP) is 4.62. The van der Waals surface area contributed by atoms with Gasteiger partial charge in [0.15, 0.2) is 0 Å². The van der Waals surface area contributed by atoms with Crippen molar-refractivity contribution in [1.29, 1.82) is 0 Å². The van der Waals surface area contributed by atoms with Crippen LogP contribution in [0.25, 0.3) is 5.69 Å². The monoisotopic (exact) mass is 413 g/mol. The van der Waals surface area contributed by atoms with Gasteiger partial charge in [0, 0.05) is 6.07 Å². The summed E-state index contributed by atoms with van der Waals surface area (Å²) in [6.07, 6.45) is 0. The number of aryl methyl sites for hydroxylation is 2. The Morgan fingerprint density at radius 3 is 2.57 bits per heavy atom. The standard InChI is InChI=1S/C21H20ClN3O2S/c1-13-8-9-16(12-14(13)2)25-20(26)11-10-19(24-25)28-15(3)21(27)23-18-7-5-4-6-17(18)22/h4-12,15H,1-3H3,(H,23,27)/t15-/m1/s1. The lowest BCUT2D eigenvalue weighted by Gasteiger charge is -2.13. The highest BCUT2D eigenvalue weighted by molar-refractivity contribution is 8.00. The highest BCUT2D eigenvalue weighted by Crippen LogP contribution is 2.25. The van der Waals surface area contributed by atoms with E-state index in [1.54, 1.807) is 37.3 Å². The zero-order valence-electron chi connectivity index (χ0n) is 15.8. The molecule has 3 rings (SSSR count). The number of rotatable bonds is 5. The van der Waals surface area contributed by atoms with Gasteiger partial charge in [0.1, 0.15) is 5.03 Å². The smallest absolute Gasteiger partial charge is 0.271 e. The first kappa shape index (κ1) is 20.2. The molecule has 28 heavy (non-hydrogen) atoms. The van der Waals surface area contributed by atoms with Crippen LogP contribution >= 0.6 is 23.4 Å². The van der Waals surface area contributed by atoms with Gasteiger partial charge in [0.25, 0.3) is 5.56 Å². The van der Waals surface area contributed by atoms with Gasteiger partial charge < -0.3 is 5.32 Å². The highest BCUT2D eigenvalue weighted by atomic mass is 35.5. The van der Waals surface area contributed by atoms with Crippen molar-refractivity contribution in [3.8, 4) is 5.69 Å². The van der Waals surface area contributed by atoms with Crippen LogP contribution in [-0.4, -0.2) is 20.9 Å². The van der Waals surface area contributed by atoms with Crippen molar-refractivity contribution < 1.29 is 4.79 Å². The van der Waals surface area contributed by atoms with Crippen molar-refractivity contribution in [2.45, 2.75) is 31.0 Å². The Morgan fingerprint density at radius 1 is 1.11 bits per heavy atom. The predicted molar refractivity (Wildman–Crippen MR) is 115 cm³/mol. The molecule has 1 aromatic heterocycles. The SMILES string of the molecule is Cc1ccc(-n2nc(S[C@H](C)C(=O)Nc3ccccc3Cl)ccc2=O)cc1C. The molecule has 7 heteroatoms. The molecule has 0 saturated heterocycles. The number of aromatic nitrogens is 2. The molecule has 1 atom stereocenters. The van der Waals surface area contributed by atoms with Gasteiger partial charge in [-0.3, -0.25) is 9.59 Å². The first-order valence-electron chi connectivity index (χ1n) is 8.75. The van der Waals surface area contributed by atoms with Crippen LogP contribution in [0.3, 0.4) is 0 Å². The summed E-state index contributed by atoms with van der Waals surface area (Å²) in [6, 6.07) is 15.9. The van der Waals surface area contributed by atoms with Gasteiger partial charge in [-0.15, -0.1) is 0 Å². The summed E-state index contributed by atoms with van der Waals surface area (Å²) < 4.78 is 1.35. The number of thioether (sulfide) groups is 1. The van der Waals surface area contributed by atoms with Crippen molar-refractivity contribution in [2.75, 3.05) is 5.32 Å². The van der Waals surface area contributed by atoms with Crippen LogP contribution in [0.4, 0.5) is 5.69 Å². The van der Waals surface area contributed by atoms with Crippen molar-refractivity contribution in [1.82, 2.24) is 9.78 Å². The third kappa shape index (κ3) is 4.64. The summed E-state index contributed by atoms with van der Waals surface area (Å²) in [5.41, 5.74) is 3.27. The second-order valence-corrected chi connectivity index (χ2v) is 8.19. The van der Waals surface area contributed by atoms with E-state index in [0.29, 0.717) is 21.4 Å². The van der Waals surface area contributed by atoms with E-state index in [9.17, 15) is 9.59 Å². The molecule has 0 saturated carbocycles. The number of anilines is 1. The van der Waals surface area contributed by atoms with Gasteiger partial charge in [-0.2, -0.15) is 9.78 Å². The topological polar surface area (TPSA) is 64.0 Å². The maximum atomic E-state index is 12.5. The zero-order valence-corrected chi connectivity index (χ0v) is 17.3. The Morgan fingerprint density at radius 2 is 1.86 bits per heavy atom. The number of hydrogen-bond acceptors (Lipinski definition) is 4. The van der Waals surface area contributed by atoms with E-state index in [1.165, 1.54) is 22.5 Å².